The van der Waals surface area contributed by atoms with Crippen molar-refractivity contribution in [2.24, 2.45) is 0 Å². The van der Waals surface area contributed by atoms with Crippen LogP contribution in [0.4, 0.5) is 10.6 Å². The van der Waals surface area contributed by atoms with E-state index in [9.17, 15) is 9.90 Å². The summed E-state index contributed by atoms with van der Waals surface area (Å²) >= 11 is 5.75. The first kappa shape index (κ1) is 13.4. The predicted molar refractivity (Wildman–Crippen MR) is 75.1 cm³/mol. The van der Waals surface area contributed by atoms with Crippen LogP contribution in [0.2, 0.25) is 5.15 Å². The van der Waals surface area contributed by atoms with E-state index < -0.39 is 6.09 Å². The molecular weight excluding hydrogens is 280 g/mol. The molecule has 3 rings (SSSR count). The standard InChI is InChI=1S/C13H17ClN4O2/c1-17(12-5-4-11(14)15-16-12)10-6-8-2-3-9(7-10)18(8)13(19)20/h4-5,8-10H,2-3,6-7H2,1H3,(H,19,20)/t8-,9+,10+. The lowest BCUT2D eigenvalue weighted by molar-refractivity contribution is 0.0965. The van der Waals surface area contributed by atoms with E-state index in [0.717, 1.165) is 31.5 Å². The van der Waals surface area contributed by atoms with Gasteiger partial charge in [0.2, 0.25) is 0 Å². The largest absolute Gasteiger partial charge is 0.465 e. The Morgan fingerprint density at radius 2 is 2.00 bits per heavy atom. The average Bonchev–Trinajstić information content (AvgIpc) is 2.70. The summed E-state index contributed by atoms with van der Waals surface area (Å²) in [5.41, 5.74) is 0. The molecule has 0 spiro atoms. The fraction of sp³-hybridized carbons (Fsp3) is 0.615. The summed E-state index contributed by atoms with van der Waals surface area (Å²) in [4.78, 5) is 15.0. The van der Waals surface area contributed by atoms with Crippen LogP contribution in [0.3, 0.4) is 0 Å². The first-order valence-electron chi connectivity index (χ1n) is 6.79. The molecule has 108 valence electrons. The third kappa shape index (κ3) is 2.28. The summed E-state index contributed by atoms with van der Waals surface area (Å²) in [6.07, 6.45) is 2.85. The molecule has 3 atom stereocenters. The molecule has 0 aromatic carbocycles. The highest BCUT2D eigenvalue weighted by Crippen LogP contribution is 2.38. The highest BCUT2D eigenvalue weighted by Gasteiger charge is 2.44. The maximum atomic E-state index is 11.3. The molecule has 7 heteroatoms. The molecule has 2 fully saturated rings. The average molecular weight is 297 g/mol. The second-order valence-electron chi connectivity index (χ2n) is 5.53. The van der Waals surface area contributed by atoms with Crippen molar-refractivity contribution in [1.82, 2.24) is 15.1 Å². The van der Waals surface area contributed by atoms with Gasteiger partial charge in [0.15, 0.2) is 11.0 Å². The van der Waals surface area contributed by atoms with Crippen LogP contribution in [0, 0.1) is 0 Å². The van der Waals surface area contributed by atoms with Gasteiger partial charge in [0.25, 0.3) is 0 Å². The minimum absolute atomic E-state index is 0.138. The highest BCUT2D eigenvalue weighted by atomic mass is 35.5. The van der Waals surface area contributed by atoms with Crippen LogP contribution < -0.4 is 4.90 Å². The number of aromatic nitrogens is 2. The molecule has 0 radical (unpaired) electrons. The monoisotopic (exact) mass is 296 g/mol. The van der Waals surface area contributed by atoms with Gasteiger partial charge in [-0.3, -0.25) is 0 Å². The first-order chi connectivity index (χ1) is 9.56. The van der Waals surface area contributed by atoms with E-state index in [1.54, 1.807) is 11.0 Å². The lowest BCUT2D eigenvalue weighted by atomic mass is 9.96. The number of carboxylic acid groups (broad SMARTS) is 1. The molecule has 0 saturated carbocycles. The summed E-state index contributed by atoms with van der Waals surface area (Å²) in [5.74, 6) is 0.780. The topological polar surface area (TPSA) is 69.6 Å². The quantitative estimate of drug-likeness (QED) is 0.906. The highest BCUT2D eigenvalue weighted by molar-refractivity contribution is 6.29. The molecule has 20 heavy (non-hydrogen) atoms. The zero-order valence-electron chi connectivity index (χ0n) is 11.2. The van der Waals surface area contributed by atoms with Crippen molar-refractivity contribution in [2.45, 2.75) is 43.8 Å². The summed E-state index contributed by atoms with van der Waals surface area (Å²) in [5, 5.41) is 17.6. The Labute approximate surface area is 122 Å². The van der Waals surface area contributed by atoms with Crippen LogP contribution in [0.15, 0.2) is 12.1 Å². The van der Waals surface area contributed by atoms with Gasteiger partial charge in [-0.2, -0.15) is 0 Å². The third-order valence-electron chi connectivity index (χ3n) is 4.46. The maximum absolute atomic E-state index is 11.3. The van der Waals surface area contributed by atoms with E-state index in [2.05, 4.69) is 15.1 Å². The van der Waals surface area contributed by atoms with E-state index in [0.29, 0.717) is 11.2 Å². The number of halogens is 1. The lowest BCUT2D eigenvalue weighted by Gasteiger charge is -2.41. The Morgan fingerprint density at radius 3 is 2.50 bits per heavy atom. The fourth-order valence-corrected chi connectivity index (χ4v) is 3.56. The van der Waals surface area contributed by atoms with Crippen LogP contribution in [0.5, 0.6) is 0 Å². The van der Waals surface area contributed by atoms with Crippen molar-refractivity contribution in [3.63, 3.8) is 0 Å². The van der Waals surface area contributed by atoms with Gasteiger partial charge in [0.05, 0.1) is 0 Å². The molecule has 2 aliphatic rings. The number of nitrogens with zero attached hydrogens (tertiary/aromatic N) is 4. The number of piperidine rings is 1. The van der Waals surface area contributed by atoms with Gasteiger partial charge in [0, 0.05) is 25.2 Å². The van der Waals surface area contributed by atoms with Gasteiger partial charge in [-0.05, 0) is 37.8 Å². The summed E-state index contributed by atoms with van der Waals surface area (Å²) in [6, 6.07) is 4.15. The van der Waals surface area contributed by atoms with Gasteiger partial charge in [0.1, 0.15) is 0 Å². The van der Waals surface area contributed by atoms with E-state index in [4.69, 9.17) is 11.6 Å². The van der Waals surface area contributed by atoms with Crippen LogP contribution in [0.25, 0.3) is 0 Å². The number of fused-ring (bicyclic) bond motifs is 2. The Morgan fingerprint density at radius 1 is 1.35 bits per heavy atom. The molecule has 6 nitrogen and oxygen atoms in total. The minimum Gasteiger partial charge on any atom is -0.465 e. The van der Waals surface area contributed by atoms with Crippen LogP contribution in [0.1, 0.15) is 25.7 Å². The molecule has 1 aromatic heterocycles. The first-order valence-corrected chi connectivity index (χ1v) is 7.17. The van der Waals surface area contributed by atoms with Gasteiger partial charge in [-0.1, -0.05) is 11.6 Å². The van der Waals surface area contributed by atoms with Gasteiger partial charge >= 0.3 is 6.09 Å². The number of carbonyl (C=O) groups is 1. The summed E-state index contributed by atoms with van der Waals surface area (Å²) < 4.78 is 0. The Hall–Kier alpha value is -1.56. The van der Waals surface area contributed by atoms with E-state index in [1.165, 1.54) is 0 Å². The van der Waals surface area contributed by atoms with Crippen molar-refractivity contribution >= 4 is 23.5 Å². The van der Waals surface area contributed by atoms with E-state index in [1.807, 2.05) is 13.1 Å². The molecule has 0 unspecified atom stereocenters. The van der Waals surface area contributed by atoms with E-state index in [-0.39, 0.29) is 12.1 Å². The predicted octanol–water partition coefficient (Wildman–Crippen LogP) is 2.24. The van der Waals surface area contributed by atoms with Crippen LogP contribution in [-0.4, -0.2) is 51.5 Å². The lowest BCUT2D eigenvalue weighted by Crippen LogP contribution is -2.51. The third-order valence-corrected chi connectivity index (χ3v) is 4.66. The van der Waals surface area contributed by atoms with Gasteiger partial charge in [-0.25, -0.2) is 4.79 Å². The van der Waals surface area contributed by atoms with Gasteiger partial charge in [-0.15, -0.1) is 10.2 Å². The van der Waals surface area contributed by atoms with Crippen molar-refractivity contribution in [3.05, 3.63) is 17.3 Å². The van der Waals surface area contributed by atoms with Crippen molar-refractivity contribution < 1.29 is 9.90 Å². The summed E-state index contributed by atoms with van der Waals surface area (Å²) in [6.45, 7) is 0. The second-order valence-corrected chi connectivity index (χ2v) is 5.91. The van der Waals surface area contributed by atoms with E-state index >= 15 is 0 Å². The number of hydrogen-bond acceptors (Lipinski definition) is 4. The smallest absolute Gasteiger partial charge is 0.407 e. The van der Waals surface area contributed by atoms with Gasteiger partial charge < -0.3 is 14.9 Å². The normalized spacial score (nSPS) is 28.5. The molecular formula is C13H17ClN4O2. The zero-order valence-corrected chi connectivity index (χ0v) is 12.0. The van der Waals surface area contributed by atoms with Crippen LogP contribution in [-0.2, 0) is 0 Å². The molecule has 2 bridgehead atoms. The van der Waals surface area contributed by atoms with Crippen LogP contribution >= 0.6 is 11.6 Å². The molecule has 1 N–H and O–H groups in total. The number of hydrogen-bond donors (Lipinski definition) is 1. The molecule has 2 saturated heterocycles. The molecule has 2 aliphatic heterocycles. The molecule has 1 amide bonds. The maximum Gasteiger partial charge on any atom is 0.407 e. The Kier molecular flexibility index (Phi) is 3.41. The number of rotatable bonds is 2. The molecule has 1 aromatic rings. The zero-order chi connectivity index (χ0) is 14.3. The number of amides is 1. The molecule has 3 heterocycles. The van der Waals surface area contributed by atoms with Crippen molar-refractivity contribution in [3.8, 4) is 0 Å². The molecule has 0 aliphatic carbocycles. The Bertz CT molecular complexity index is 496. The minimum atomic E-state index is -0.787. The number of anilines is 1. The van der Waals surface area contributed by atoms with Crippen molar-refractivity contribution in [2.75, 3.05) is 11.9 Å². The SMILES string of the molecule is CN(c1ccc(Cl)nn1)[C@H]1C[C@H]2CC[C@@H](C1)N2C(=O)O. The fourth-order valence-electron chi connectivity index (χ4n) is 3.46. The summed E-state index contributed by atoms with van der Waals surface area (Å²) in [7, 11) is 1.98. The van der Waals surface area contributed by atoms with Crippen molar-refractivity contribution in [1.29, 1.82) is 0 Å². The second kappa shape index (κ2) is 5.09. The Balaban J connectivity index is 1.74.